The second kappa shape index (κ2) is 4.88. The number of anilines is 1. The van der Waals surface area contributed by atoms with Crippen LogP contribution in [0.3, 0.4) is 0 Å². The molecule has 2 saturated carbocycles. The third-order valence-electron chi connectivity index (χ3n) is 3.97. The van der Waals surface area contributed by atoms with Crippen molar-refractivity contribution >= 4 is 5.69 Å². The second-order valence-corrected chi connectivity index (χ2v) is 5.77. The van der Waals surface area contributed by atoms with E-state index in [0.29, 0.717) is 5.56 Å². The Kier molecular flexibility index (Phi) is 3.25. The highest BCUT2D eigenvalue weighted by molar-refractivity contribution is 5.48. The highest BCUT2D eigenvalue weighted by atomic mass is 19.1. The number of halogens is 1. The zero-order valence-corrected chi connectivity index (χ0v) is 10.7. The van der Waals surface area contributed by atoms with Gasteiger partial charge in [-0.1, -0.05) is 6.07 Å². The van der Waals surface area contributed by atoms with E-state index in [0.717, 1.165) is 30.6 Å². The summed E-state index contributed by atoms with van der Waals surface area (Å²) in [5, 5.41) is 0. The Balaban J connectivity index is 1.76. The molecule has 2 fully saturated rings. The molecule has 3 heteroatoms. The van der Waals surface area contributed by atoms with E-state index >= 15 is 0 Å². The largest absolute Gasteiger partial charge is 0.371 e. The molecule has 98 valence electrons. The van der Waals surface area contributed by atoms with Gasteiger partial charge < -0.3 is 10.6 Å². The Bertz CT molecular complexity index is 411. The van der Waals surface area contributed by atoms with Gasteiger partial charge in [0.1, 0.15) is 5.82 Å². The van der Waals surface area contributed by atoms with Crippen molar-refractivity contribution in [1.82, 2.24) is 0 Å². The predicted molar refractivity (Wildman–Crippen MR) is 72.0 cm³/mol. The SMILES string of the molecule is NCc1ccc(N(CC2CC2)CC2CC2)cc1F. The first kappa shape index (κ1) is 12.0. The van der Waals surface area contributed by atoms with Crippen LogP contribution in [-0.2, 0) is 6.54 Å². The van der Waals surface area contributed by atoms with E-state index in [2.05, 4.69) is 4.90 Å². The zero-order chi connectivity index (χ0) is 12.5. The van der Waals surface area contributed by atoms with Gasteiger partial charge in [-0.15, -0.1) is 0 Å². The van der Waals surface area contributed by atoms with Gasteiger partial charge in [0.05, 0.1) is 0 Å². The number of benzene rings is 1. The maximum atomic E-state index is 13.8. The van der Waals surface area contributed by atoms with Gasteiger partial charge in [-0.3, -0.25) is 0 Å². The molecule has 2 aliphatic rings. The van der Waals surface area contributed by atoms with Crippen molar-refractivity contribution in [3.8, 4) is 0 Å². The highest BCUT2D eigenvalue weighted by Crippen LogP contribution is 2.36. The molecule has 0 saturated heterocycles. The molecule has 2 aliphatic carbocycles. The molecule has 18 heavy (non-hydrogen) atoms. The zero-order valence-electron chi connectivity index (χ0n) is 10.7. The van der Waals surface area contributed by atoms with E-state index in [4.69, 9.17) is 5.73 Å². The molecule has 0 bridgehead atoms. The molecule has 0 unspecified atom stereocenters. The molecule has 0 heterocycles. The summed E-state index contributed by atoms with van der Waals surface area (Å²) in [6, 6.07) is 5.51. The molecule has 1 aromatic carbocycles. The summed E-state index contributed by atoms with van der Waals surface area (Å²) in [6.45, 7) is 2.47. The summed E-state index contributed by atoms with van der Waals surface area (Å²) in [7, 11) is 0. The Labute approximate surface area is 108 Å². The lowest BCUT2D eigenvalue weighted by Crippen LogP contribution is -2.28. The van der Waals surface area contributed by atoms with E-state index in [9.17, 15) is 4.39 Å². The van der Waals surface area contributed by atoms with Gasteiger partial charge in [-0.25, -0.2) is 4.39 Å². The van der Waals surface area contributed by atoms with Crippen LogP contribution in [0.4, 0.5) is 10.1 Å². The van der Waals surface area contributed by atoms with Gasteiger partial charge in [-0.05, 0) is 49.7 Å². The minimum atomic E-state index is -0.161. The first-order valence-corrected chi connectivity index (χ1v) is 6.99. The molecule has 0 aromatic heterocycles. The van der Waals surface area contributed by atoms with E-state index in [1.54, 1.807) is 6.07 Å². The molecule has 0 atom stereocenters. The highest BCUT2D eigenvalue weighted by Gasteiger charge is 2.29. The van der Waals surface area contributed by atoms with Crippen LogP contribution in [0.2, 0.25) is 0 Å². The van der Waals surface area contributed by atoms with Crippen LogP contribution in [0.25, 0.3) is 0 Å². The van der Waals surface area contributed by atoms with Crippen molar-refractivity contribution < 1.29 is 4.39 Å². The van der Waals surface area contributed by atoms with E-state index in [1.165, 1.54) is 25.7 Å². The standard InChI is InChI=1S/C15H21FN2/c16-15-7-14(6-5-13(15)8-17)18(9-11-1-2-11)10-12-3-4-12/h5-7,11-12H,1-4,8-10,17H2. The Morgan fingerprint density at radius 3 is 2.17 bits per heavy atom. The van der Waals surface area contributed by atoms with Gasteiger partial charge >= 0.3 is 0 Å². The van der Waals surface area contributed by atoms with Crippen molar-refractivity contribution in [2.75, 3.05) is 18.0 Å². The second-order valence-electron chi connectivity index (χ2n) is 5.77. The van der Waals surface area contributed by atoms with E-state index < -0.39 is 0 Å². The van der Waals surface area contributed by atoms with Crippen molar-refractivity contribution in [1.29, 1.82) is 0 Å². The first-order chi connectivity index (χ1) is 8.76. The molecule has 1 aromatic rings. The van der Waals surface area contributed by atoms with Crippen molar-refractivity contribution in [3.05, 3.63) is 29.6 Å². The van der Waals surface area contributed by atoms with Crippen molar-refractivity contribution in [2.24, 2.45) is 17.6 Å². The minimum Gasteiger partial charge on any atom is -0.371 e. The van der Waals surface area contributed by atoms with Crippen molar-refractivity contribution in [3.63, 3.8) is 0 Å². The lowest BCUT2D eigenvalue weighted by molar-refractivity contribution is 0.607. The van der Waals surface area contributed by atoms with Crippen LogP contribution >= 0.6 is 0 Å². The van der Waals surface area contributed by atoms with Crippen LogP contribution < -0.4 is 10.6 Å². The monoisotopic (exact) mass is 248 g/mol. The number of hydrogen-bond acceptors (Lipinski definition) is 2. The predicted octanol–water partition coefficient (Wildman–Crippen LogP) is 2.91. The molecular formula is C15H21FN2. The molecule has 0 aliphatic heterocycles. The molecule has 0 spiro atoms. The van der Waals surface area contributed by atoms with Gasteiger partial charge in [0.2, 0.25) is 0 Å². The number of rotatable bonds is 6. The summed E-state index contributed by atoms with van der Waals surface area (Å²) in [5.41, 5.74) is 7.14. The first-order valence-electron chi connectivity index (χ1n) is 6.99. The fraction of sp³-hybridized carbons (Fsp3) is 0.600. The normalized spacial score (nSPS) is 19.0. The van der Waals surface area contributed by atoms with E-state index in [1.807, 2.05) is 12.1 Å². The smallest absolute Gasteiger partial charge is 0.129 e. The number of hydrogen-bond donors (Lipinski definition) is 1. The molecule has 0 radical (unpaired) electrons. The Morgan fingerprint density at radius 2 is 1.72 bits per heavy atom. The third-order valence-corrected chi connectivity index (χ3v) is 3.97. The fourth-order valence-electron chi connectivity index (χ4n) is 2.41. The summed E-state index contributed by atoms with van der Waals surface area (Å²) in [5.74, 6) is 1.51. The molecule has 2 N–H and O–H groups in total. The van der Waals surface area contributed by atoms with Crippen LogP contribution in [0, 0.1) is 17.7 Å². The Morgan fingerprint density at radius 1 is 1.11 bits per heavy atom. The fourth-order valence-corrected chi connectivity index (χ4v) is 2.41. The maximum absolute atomic E-state index is 13.8. The summed E-state index contributed by atoms with van der Waals surface area (Å²) in [6.07, 6.45) is 5.35. The van der Waals surface area contributed by atoms with Crippen LogP contribution in [0.15, 0.2) is 18.2 Å². The third kappa shape index (κ3) is 2.83. The maximum Gasteiger partial charge on any atom is 0.129 e. The molecule has 0 amide bonds. The quantitative estimate of drug-likeness (QED) is 0.838. The number of nitrogens with zero attached hydrogens (tertiary/aromatic N) is 1. The molecule has 2 nitrogen and oxygen atoms in total. The summed E-state index contributed by atoms with van der Waals surface area (Å²) in [4.78, 5) is 2.37. The average Bonchev–Trinajstić information content (AvgIpc) is 3.23. The van der Waals surface area contributed by atoms with Crippen LogP contribution in [0.1, 0.15) is 31.2 Å². The summed E-state index contributed by atoms with van der Waals surface area (Å²) >= 11 is 0. The van der Waals surface area contributed by atoms with E-state index in [-0.39, 0.29) is 12.4 Å². The minimum absolute atomic E-state index is 0.161. The number of nitrogens with two attached hydrogens (primary N) is 1. The lowest BCUT2D eigenvalue weighted by atomic mass is 10.1. The van der Waals surface area contributed by atoms with Crippen LogP contribution in [0.5, 0.6) is 0 Å². The van der Waals surface area contributed by atoms with Gasteiger partial charge in [0.15, 0.2) is 0 Å². The molecular weight excluding hydrogens is 227 g/mol. The molecule has 3 rings (SSSR count). The van der Waals surface area contributed by atoms with Crippen molar-refractivity contribution in [2.45, 2.75) is 32.2 Å². The summed E-state index contributed by atoms with van der Waals surface area (Å²) < 4.78 is 13.8. The lowest BCUT2D eigenvalue weighted by Gasteiger charge is -2.25. The topological polar surface area (TPSA) is 29.3 Å². The van der Waals surface area contributed by atoms with Crippen LogP contribution in [-0.4, -0.2) is 13.1 Å². The van der Waals surface area contributed by atoms with Gasteiger partial charge in [-0.2, -0.15) is 0 Å². The average molecular weight is 248 g/mol. The Hall–Kier alpha value is -1.09. The van der Waals surface area contributed by atoms with Gasteiger partial charge in [0.25, 0.3) is 0 Å². The van der Waals surface area contributed by atoms with Gasteiger partial charge in [0, 0.05) is 30.9 Å².